The highest BCUT2D eigenvalue weighted by atomic mass is 16.2. The molecule has 0 aliphatic heterocycles. The number of aromatic nitrogens is 3. The fourth-order valence-corrected chi connectivity index (χ4v) is 2.74. The van der Waals surface area contributed by atoms with Crippen molar-refractivity contribution in [2.45, 2.75) is 26.4 Å². The van der Waals surface area contributed by atoms with Gasteiger partial charge in [0.05, 0.1) is 24.1 Å². The first-order valence-corrected chi connectivity index (χ1v) is 9.40. The van der Waals surface area contributed by atoms with Crippen LogP contribution in [0.15, 0.2) is 67.1 Å². The maximum atomic E-state index is 12.9. The van der Waals surface area contributed by atoms with Crippen LogP contribution in [-0.4, -0.2) is 38.2 Å². The van der Waals surface area contributed by atoms with Gasteiger partial charge in [-0.25, -0.2) is 4.98 Å². The van der Waals surface area contributed by atoms with Crippen molar-refractivity contribution in [3.05, 3.63) is 89.8 Å². The number of amides is 2. The summed E-state index contributed by atoms with van der Waals surface area (Å²) in [6, 6.07) is 15.2. The molecule has 0 fully saturated rings. The van der Waals surface area contributed by atoms with Gasteiger partial charge >= 0.3 is 0 Å². The lowest BCUT2D eigenvalue weighted by molar-refractivity contribution is -0.121. The first kappa shape index (κ1) is 20.1. The molecule has 2 aromatic heterocycles. The molecule has 0 bridgehead atoms. The van der Waals surface area contributed by atoms with Gasteiger partial charge in [0.1, 0.15) is 5.69 Å². The van der Waals surface area contributed by atoms with E-state index in [-0.39, 0.29) is 30.5 Å². The SMILES string of the molecule is Cc1cnc(C(=O)N(CCC(=O)NCc2ccccn2)Cc2ccccc2)cn1. The third kappa shape index (κ3) is 6.21. The summed E-state index contributed by atoms with van der Waals surface area (Å²) in [4.78, 5) is 39.3. The predicted molar refractivity (Wildman–Crippen MR) is 109 cm³/mol. The minimum atomic E-state index is -0.251. The van der Waals surface area contributed by atoms with E-state index < -0.39 is 0 Å². The number of benzene rings is 1. The normalized spacial score (nSPS) is 10.4. The van der Waals surface area contributed by atoms with Crippen LogP contribution in [-0.2, 0) is 17.9 Å². The third-order valence-electron chi connectivity index (χ3n) is 4.31. The topological polar surface area (TPSA) is 88.1 Å². The van der Waals surface area contributed by atoms with Crippen LogP contribution in [0.3, 0.4) is 0 Å². The number of carbonyl (C=O) groups is 2. The lowest BCUT2D eigenvalue weighted by atomic mass is 10.2. The van der Waals surface area contributed by atoms with Gasteiger partial charge in [0.15, 0.2) is 0 Å². The van der Waals surface area contributed by atoms with Crippen molar-refractivity contribution in [2.75, 3.05) is 6.54 Å². The van der Waals surface area contributed by atoms with E-state index >= 15 is 0 Å². The lowest BCUT2D eigenvalue weighted by Crippen LogP contribution is -2.35. The van der Waals surface area contributed by atoms with Crippen molar-refractivity contribution in [1.29, 1.82) is 0 Å². The van der Waals surface area contributed by atoms with Gasteiger partial charge in [-0.2, -0.15) is 0 Å². The molecule has 3 aromatic rings. The van der Waals surface area contributed by atoms with Crippen LogP contribution in [0.5, 0.6) is 0 Å². The first-order chi connectivity index (χ1) is 14.1. The van der Waals surface area contributed by atoms with Gasteiger partial charge in [-0.1, -0.05) is 36.4 Å². The number of nitrogens with zero attached hydrogens (tertiary/aromatic N) is 4. The van der Waals surface area contributed by atoms with Crippen LogP contribution in [0.4, 0.5) is 0 Å². The number of hydrogen-bond donors (Lipinski definition) is 1. The summed E-state index contributed by atoms with van der Waals surface area (Å²) in [6.45, 7) is 2.84. The highest BCUT2D eigenvalue weighted by molar-refractivity contribution is 5.92. The van der Waals surface area contributed by atoms with E-state index in [0.717, 1.165) is 17.0 Å². The molecule has 0 radical (unpaired) electrons. The summed E-state index contributed by atoms with van der Waals surface area (Å²) in [5.74, 6) is -0.393. The zero-order chi connectivity index (χ0) is 20.5. The highest BCUT2D eigenvalue weighted by Crippen LogP contribution is 2.09. The maximum absolute atomic E-state index is 12.9. The molecule has 29 heavy (non-hydrogen) atoms. The molecule has 148 valence electrons. The molecular formula is C22H23N5O2. The lowest BCUT2D eigenvalue weighted by Gasteiger charge is -2.22. The standard InChI is InChI=1S/C22H23N5O2/c1-17-13-25-20(15-24-17)22(29)27(16-18-7-3-2-4-8-18)12-10-21(28)26-14-19-9-5-6-11-23-19/h2-9,11,13,15H,10,12,14,16H2,1H3,(H,26,28). The van der Waals surface area contributed by atoms with E-state index in [4.69, 9.17) is 0 Å². The van der Waals surface area contributed by atoms with Crippen molar-refractivity contribution in [3.8, 4) is 0 Å². The van der Waals surface area contributed by atoms with Gasteiger partial charge in [0.2, 0.25) is 5.91 Å². The Labute approximate surface area is 169 Å². The van der Waals surface area contributed by atoms with E-state index in [1.165, 1.54) is 6.20 Å². The van der Waals surface area contributed by atoms with Crippen molar-refractivity contribution in [1.82, 2.24) is 25.2 Å². The van der Waals surface area contributed by atoms with E-state index in [0.29, 0.717) is 13.1 Å². The Hall–Kier alpha value is -3.61. The minimum Gasteiger partial charge on any atom is -0.350 e. The molecule has 2 amide bonds. The molecule has 7 nitrogen and oxygen atoms in total. The Kier molecular flexibility index (Phi) is 7.00. The molecule has 0 spiro atoms. The van der Waals surface area contributed by atoms with Crippen LogP contribution in [0.2, 0.25) is 0 Å². The molecular weight excluding hydrogens is 366 g/mol. The largest absolute Gasteiger partial charge is 0.350 e. The van der Waals surface area contributed by atoms with Gasteiger partial charge in [-0.3, -0.25) is 19.6 Å². The van der Waals surface area contributed by atoms with Crippen LogP contribution in [0, 0.1) is 6.92 Å². The number of hydrogen-bond acceptors (Lipinski definition) is 5. The van der Waals surface area contributed by atoms with Gasteiger partial charge in [-0.05, 0) is 24.6 Å². The van der Waals surface area contributed by atoms with E-state index in [1.54, 1.807) is 17.3 Å². The Morgan fingerprint density at radius 2 is 1.76 bits per heavy atom. The Morgan fingerprint density at radius 3 is 2.45 bits per heavy atom. The van der Waals surface area contributed by atoms with Crippen molar-refractivity contribution in [2.24, 2.45) is 0 Å². The van der Waals surface area contributed by atoms with Crippen LogP contribution < -0.4 is 5.32 Å². The van der Waals surface area contributed by atoms with Crippen molar-refractivity contribution < 1.29 is 9.59 Å². The molecule has 7 heteroatoms. The number of carbonyl (C=O) groups excluding carboxylic acids is 2. The molecule has 1 aromatic carbocycles. The third-order valence-corrected chi connectivity index (χ3v) is 4.31. The van der Waals surface area contributed by atoms with Crippen LogP contribution >= 0.6 is 0 Å². The number of pyridine rings is 1. The second-order valence-corrected chi connectivity index (χ2v) is 6.60. The Balaban J connectivity index is 1.63. The second-order valence-electron chi connectivity index (χ2n) is 6.60. The van der Waals surface area contributed by atoms with E-state index in [9.17, 15) is 9.59 Å². The smallest absolute Gasteiger partial charge is 0.274 e. The average Bonchev–Trinajstić information content (AvgIpc) is 2.76. The van der Waals surface area contributed by atoms with Crippen molar-refractivity contribution in [3.63, 3.8) is 0 Å². The van der Waals surface area contributed by atoms with Crippen LogP contribution in [0.25, 0.3) is 0 Å². The minimum absolute atomic E-state index is 0.142. The molecule has 0 aliphatic rings. The fraction of sp³-hybridized carbons (Fsp3) is 0.227. The number of rotatable bonds is 8. The monoisotopic (exact) mass is 389 g/mol. The molecule has 0 saturated carbocycles. The highest BCUT2D eigenvalue weighted by Gasteiger charge is 2.19. The first-order valence-electron chi connectivity index (χ1n) is 9.40. The maximum Gasteiger partial charge on any atom is 0.274 e. The van der Waals surface area contributed by atoms with Crippen molar-refractivity contribution >= 4 is 11.8 Å². The summed E-state index contributed by atoms with van der Waals surface area (Å²) in [7, 11) is 0. The van der Waals surface area contributed by atoms with Gasteiger partial charge in [0, 0.05) is 31.9 Å². The second kappa shape index (κ2) is 10.1. The zero-order valence-electron chi connectivity index (χ0n) is 16.3. The number of nitrogens with one attached hydrogen (secondary N) is 1. The molecule has 0 saturated heterocycles. The summed E-state index contributed by atoms with van der Waals surface area (Å²) in [5, 5.41) is 2.84. The quantitative estimate of drug-likeness (QED) is 0.640. The summed E-state index contributed by atoms with van der Waals surface area (Å²) >= 11 is 0. The molecule has 1 N–H and O–H groups in total. The van der Waals surface area contributed by atoms with Gasteiger partial charge in [0.25, 0.3) is 5.91 Å². The molecule has 3 rings (SSSR count). The number of aryl methyl sites for hydroxylation is 1. The summed E-state index contributed by atoms with van der Waals surface area (Å²) in [5.41, 5.74) is 2.77. The van der Waals surface area contributed by atoms with E-state index in [1.807, 2.05) is 55.5 Å². The predicted octanol–water partition coefficient (Wildman–Crippen LogP) is 2.53. The molecule has 0 atom stereocenters. The van der Waals surface area contributed by atoms with Gasteiger partial charge < -0.3 is 10.2 Å². The average molecular weight is 389 g/mol. The molecule has 2 heterocycles. The zero-order valence-corrected chi connectivity index (χ0v) is 16.3. The van der Waals surface area contributed by atoms with E-state index in [2.05, 4.69) is 20.3 Å². The Morgan fingerprint density at radius 1 is 0.966 bits per heavy atom. The van der Waals surface area contributed by atoms with Crippen LogP contribution in [0.1, 0.15) is 33.9 Å². The Bertz CT molecular complexity index is 930. The summed E-state index contributed by atoms with van der Waals surface area (Å²) in [6.07, 6.45) is 4.90. The fourth-order valence-electron chi connectivity index (χ4n) is 2.74. The molecule has 0 unspecified atom stereocenters. The summed E-state index contributed by atoms with van der Waals surface area (Å²) < 4.78 is 0. The van der Waals surface area contributed by atoms with Gasteiger partial charge in [-0.15, -0.1) is 0 Å². The molecule has 0 aliphatic carbocycles.